The minimum atomic E-state index is -0.241. The van der Waals surface area contributed by atoms with Crippen LogP contribution in [0.4, 0.5) is 0 Å². The first-order chi connectivity index (χ1) is 5.76. The molecule has 3 nitrogen and oxygen atoms in total. The van der Waals surface area contributed by atoms with Crippen LogP contribution in [0.25, 0.3) is 0 Å². The van der Waals surface area contributed by atoms with E-state index in [-0.39, 0.29) is 6.29 Å². The van der Waals surface area contributed by atoms with Crippen LogP contribution < -0.4 is 0 Å². The molecule has 0 aromatic rings. The van der Waals surface area contributed by atoms with Gasteiger partial charge in [0.25, 0.3) is 0 Å². The summed E-state index contributed by atoms with van der Waals surface area (Å²) in [4.78, 5) is 10.4. The van der Waals surface area contributed by atoms with Gasteiger partial charge in [-0.1, -0.05) is 6.92 Å². The second kappa shape index (κ2) is 4.26. The lowest BCUT2D eigenvalue weighted by atomic mass is 10.0. The van der Waals surface area contributed by atoms with Gasteiger partial charge in [-0.05, 0) is 18.9 Å². The van der Waals surface area contributed by atoms with Gasteiger partial charge < -0.3 is 9.47 Å². The molecule has 0 saturated carbocycles. The Hall–Kier alpha value is -0.830. The van der Waals surface area contributed by atoms with Gasteiger partial charge in [0, 0.05) is 13.0 Å². The third-order valence-electron chi connectivity index (χ3n) is 1.75. The Balaban J connectivity index is 2.53. The molecule has 0 radical (unpaired) electrons. The van der Waals surface area contributed by atoms with E-state index < -0.39 is 0 Å². The third-order valence-corrected chi connectivity index (χ3v) is 1.75. The van der Waals surface area contributed by atoms with Gasteiger partial charge in [-0.15, -0.1) is 0 Å². The Morgan fingerprint density at radius 3 is 3.17 bits per heavy atom. The Kier molecular flexibility index (Phi) is 3.29. The quantitative estimate of drug-likeness (QED) is 0.602. The maximum Gasteiger partial charge on any atom is 0.200 e. The normalized spacial score (nSPS) is 29.0. The summed E-state index contributed by atoms with van der Waals surface area (Å²) < 4.78 is 10.5. The molecule has 1 heterocycles. The maximum absolute atomic E-state index is 10.4. The largest absolute Gasteiger partial charge is 0.462 e. The standard InChI is InChI=1S/C9H14O3/c1-3-11-9-5-7(2)4-8(6-10)12-9/h4,6-7,9H,3,5H2,1-2H3. The van der Waals surface area contributed by atoms with Crippen LogP contribution in [0.2, 0.25) is 0 Å². The van der Waals surface area contributed by atoms with Gasteiger partial charge in [0.15, 0.2) is 12.0 Å². The summed E-state index contributed by atoms with van der Waals surface area (Å²) in [6, 6.07) is 0. The predicted octanol–water partition coefficient (Wildman–Crippen LogP) is 1.49. The molecule has 0 saturated heterocycles. The topological polar surface area (TPSA) is 35.5 Å². The number of rotatable bonds is 3. The van der Waals surface area contributed by atoms with Crippen molar-refractivity contribution >= 4 is 6.29 Å². The Labute approximate surface area is 72.4 Å². The highest BCUT2D eigenvalue weighted by Crippen LogP contribution is 2.21. The van der Waals surface area contributed by atoms with Gasteiger partial charge >= 0.3 is 0 Å². The van der Waals surface area contributed by atoms with Crippen molar-refractivity contribution in [1.29, 1.82) is 0 Å². The van der Waals surface area contributed by atoms with E-state index in [2.05, 4.69) is 0 Å². The first-order valence-corrected chi connectivity index (χ1v) is 4.21. The number of ether oxygens (including phenoxy) is 2. The van der Waals surface area contributed by atoms with E-state index >= 15 is 0 Å². The zero-order chi connectivity index (χ0) is 8.97. The number of aldehydes is 1. The molecular formula is C9H14O3. The molecular weight excluding hydrogens is 156 g/mol. The molecule has 0 amide bonds. The lowest BCUT2D eigenvalue weighted by Crippen LogP contribution is -2.24. The van der Waals surface area contributed by atoms with Crippen molar-refractivity contribution in [2.75, 3.05) is 6.61 Å². The zero-order valence-corrected chi connectivity index (χ0v) is 7.45. The first kappa shape index (κ1) is 9.26. The fourth-order valence-corrected chi connectivity index (χ4v) is 1.25. The maximum atomic E-state index is 10.4. The van der Waals surface area contributed by atoms with Crippen LogP contribution in [-0.2, 0) is 14.3 Å². The molecule has 2 unspecified atom stereocenters. The van der Waals surface area contributed by atoms with Crippen molar-refractivity contribution in [3.05, 3.63) is 11.8 Å². The van der Waals surface area contributed by atoms with Crippen LogP contribution in [0.3, 0.4) is 0 Å². The van der Waals surface area contributed by atoms with Gasteiger partial charge in [-0.3, -0.25) is 4.79 Å². The molecule has 0 N–H and O–H groups in total. The number of carbonyl (C=O) groups excluding carboxylic acids is 1. The number of hydrogen-bond acceptors (Lipinski definition) is 3. The molecule has 3 heteroatoms. The van der Waals surface area contributed by atoms with Crippen molar-refractivity contribution in [1.82, 2.24) is 0 Å². The molecule has 1 aliphatic rings. The zero-order valence-electron chi connectivity index (χ0n) is 7.45. The van der Waals surface area contributed by atoms with Crippen LogP contribution in [-0.4, -0.2) is 19.2 Å². The molecule has 2 atom stereocenters. The fraction of sp³-hybridized carbons (Fsp3) is 0.667. The average Bonchev–Trinajstić information content (AvgIpc) is 2.04. The van der Waals surface area contributed by atoms with Gasteiger partial charge in [-0.25, -0.2) is 0 Å². The van der Waals surface area contributed by atoms with E-state index in [1.165, 1.54) is 0 Å². The van der Waals surface area contributed by atoms with Crippen LogP contribution in [0.15, 0.2) is 11.8 Å². The summed E-state index contributed by atoms with van der Waals surface area (Å²) in [6.45, 7) is 4.56. The molecule has 0 spiro atoms. The van der Waals surface area contributed by atoms with Gasteiger partial charge in [-0.2, -0.15) is 0 Å². The van der Waals surface area contributed by atoms with Crippen LogP contribution in [0.5, 0.6) is 0 Å². The van der Waals surface area contributed by atoms with Crippen LogP contribution >= 0.6 is 0 Å². The summed E-state index contributed by atoms with van der Waals surface area (Å²) in [5.41, 5.74) is 0. The van der Waals surface area contributed by atoms with E-state index in [4.69, 9.17) is 9.47 Å². The van der Waals surface area contributed by atoms with Crippen molar-refractivity contribution in [2.45, 2.75) is 26.6 Å². The van der Waals surface area contributed by atoms with E-state index in [0.717, 1.165) is 12.7 Å². The highest BCUT2D eigenvalue weighted by atomic mass is 16.7. The van der Waals surface area contributed by atoms with Gasteiger partial charge in [0.2, 0.25) is 6.29 Å². The van der Waals surface area contributed by atoms with Gasteiger partial charge in [0.1, 0.15) is 0 Å². The number of hydrogen-bond donors (Lipinski definition) is 0. The summed E-state index contributed by atoms with van der Waals surface area (Å²) >= 11 is 0. The number of allylic oxidation sites excluding steroid dienone is 2. The van der Waals surface area contributed by atoms with Crippen molar-refractivity contribution in [3.8, 4) is 0 Å². The third kappa shape index (κ3) is 2.34. The predicted molar refractivity (Wildman–Crippen MR) is 44.4 cm³/mol. The monoisotopic (exact) mass is 170 g/mol. The Bertz CT molecular complexity index is 186. The fourth-order valence-electron chi connectivity index (χ4n) is 1.25. The summed E-state index contributed by atoms with van der Waals surface area (Å²) in [6.07, 6.45) is 3.13. The molecule has 0 bridgehead atoms. The second-order valence-corrected chi connectivity index (χ2v) is 2.90. The lowest BCUT2D eigenvalue weighted by Gasteiger charge is -2.25. The second-order valence-electron chi connectivity index (χ2n) is 2.90. The highest BCUT2D eigenvalue weighted by molar-refractivity contribution is 5.70. The molecule has 0 aromatic carbocycles. The molecule has 0 aromatic heterocycles. The Morgan fingerprint density at radius 2 is 2.58 bits per heavy atom. The summed E-state index contributed by atoms with van der Waals surface area (Å²) in [5, 5.41) is 0. The SMILES string of the molecule is CCOC1CC(C)C=C(C=O)O1. The molecule has 68 valence electrons. The summed E-state index contributed by atoms with van der Waals surface area (Å²) in [7, 11) is 0. The van der Waals surface area contributed by atoms with Crippen molar-refractivity contribution < 1.29 is 14.3 Å². The van der Waals surface area contributed by atoms with Crippen molar-refractivity contribution in [2.24, 2.45) is 5.92 Å². The van der Waals surface area contributed by atoms with Crippen LogP contribution in [0.1, 0.15) is 20.3 Å². The number of carbonyl (C=O) groups is 1. The molecule has 0 aliphatic carbocycles. The van der Waals surface area contributed by atoms with Gasteiger partial charge in [0.05, 0.1) is 0 Å². The lowest BCUT2D eigenvalue weighted by molar-refractivity contribution is -0.138. The molecule has 1 aliphatic heterocycles. The molecule has 1 rings (SSSR count). The Morgan fingerprint density at radius 1 is 1.83 bits per heavy atom. The summed E-state index contributed by atoms with van der Waals surface area (Å²) in [5.74, 6) is 0.753. The van der Waals surface area contributed by atoms with E-state index in [1.807, 2.05) is 19.9 Å². The van der Waals surface area contributed by atoms with E-state index in [0.29, 0.717) is 18.3 Å². The smallest absolute Gasteiger partial charge is 0.200 e. The molecule has 12 heavy (non-hydrogen) atoms. The van der Waals surface area contributed by atoms with E-state index in [1.54, 1.807) is 0 Å². The van der Waals surface area contributed by atoms with Crippen molar-refractivity contribution in [3.63, 3.8) is 0 Å². The van der Waals surface area contributed by atoms with Crippen LogP contribution in [0, 0.1) is 5.92 Å². The highest BCUT2D eigenvalue weighted by Gasteiger charge is 2.20. The first-order valence-electron chi connectivity index (χ1n) is 4.21. The minimum absolute atomic E-state index is 0.241. The molecule has 0 fully saturated rings. The van der Waals surface area contributed by atoms with E-state index in [9.17, 15) is 4.79 Å². The average molecular weight is 170 g/mol. The minimum Gasteiger partial charge on any atom is -0.462 e.